The summed E-state index contributed by atoms with van der Waals surface area (Å²) in [4.78, 5) is 36.7. The number of nitrogens with zero attached hydrogens (tertiary/aromatic N) is 2. The van der Waals surface area contributed by atoms with E-state index in [1.165, 1.54) is 0 Å². The topological polar surface area (TPSA) is 134 Å². The number of hydrogen-bond acceptors (Lipinski definition) is 7. The van der Waals surface area contributed by atoms with Crippen LogP contribution >= 0.6 is 0 Å². The minimum atomic E-state index is -3.19. The maximum Gasteiger partial charge on any atom is 0.411 e. The molecule has 10 nitrogen and oxygen atoms in total. The lowest BCUT2D eigenvalue weighted by atomic mass is 10.1. The van der Waals surface area contributed by atoms with Crippen molar-refractivity contribution >= 4 is 44.8 Å². The Morgan fingerprint density at radius 3 is 2.58 bits per heavy atom. The maximum absolute atomic E-state index is 12.7. The highest BCUT2D eigenvalue weighted by Crippen LogP contribution is 2.23. The molecule has 2 heterocycles. The van der Waals surface area contributed by atoms with Crippen LogP contribution in [0.1, 0.15) is 33.1 Å². The highest BCUT2D eigenvalue weighted by atomic mass is 32.2. The molecule has 1 aromatic rings. The normalized spacial score (nSPS) is 20.4. The van der Waals surface area contributed by atoms with Gasteiger partial charge in [-0.25, -0.2) is 18.2 Å². The second-order valence-corrected chi connectivity index (χ2v) is 10.2. The van der Waals surface area contributed by atoms with Crippen molar-refractivity contribution in [2.45, 2.75) is 39.2 Å². The molecule has 168 valence electrons. The zero-order valence-electron chi connectivity index (χ0n) is 17.5. The minimum absolute atomic E-state index is 0.0118. The van der Waals surface area contributed by atoms with Crippen molar-refractivity contribution in [1.29, 1.82) is 0 Å². The first-order valence-electron chi connectivity index (χ1n) is 10.1. The molecule has 0 saturated carbocycles. The van der Waals surface area contributed by atoms with E-state index < -0.39 is 27.9 Å². The van der Waals surface area contributed by atoms with Gasteiger partial charge < -0.3 is 10.1 Å². The monoisotopic (exact) mass is 450 g/mol. The zero-order valence-corrected chi connectivity index (χ0v) is 18.3. The number of rotatable bonds is 6. The standard InChI is InChI=1S/C20H26N4O6S/c1-13(2)11-30-20(27)22-15-5-3-4-14(10-15)21-19(26)17-6-7-18(25)24(23-17)16-8-9-31(28,29)12-16/h3-5,10,13,16H,6-9,11-12H2,1-2H3,(H,21,26)(H,22,27). The molecule has 0 radical (unpaired) electrons. The summed E-state index contributed by atoms with van der Waals surface area (Å²) in [5.41, 5.74) is 1.03. The van der Waals surface area contributed by atoms with Crippen molar-refractivity contribution < 1.29 is 27.5 Å². The van der Waals surface area contributed by atoms with E-state index in [4.69, 9.17) is 4.74 Å². The molecule has 3 rings (SSSR count). The molecular weight excluding hydrogens is 424 g/mol. The van der Waals surface area contributed by atoms with Crippen molar-refractivity contribution in [2.75, 3.05) is 28.7 Å². The summed E-state index contributed by atoms with van der Waals surface area (Å²) in [5.74, 6) is -0.693. The minimum Gasteiger partial charge on any atom is -0.449 e. The van der Waals surface area contributed by atoms with Gasteiger partial charge in [-0.1, -0.05) is 19.9 Å². The molecule has 1 fully saturated rings. The predicted molar refractivity (Wildman–Crippen MR) is 115 cm³/mol. The van der Waals surface area contributed by atoms with Crippen LogP contribution < -0.4 is 10.6 Å². The summed E-state index contributed by atoms with van der Waals surface area (Å²) in [6, 6.07) is 6.01. The Hall–Kier alpha value is -2.95. The molecule has 0 spiro atoms. The number of hydrogen-bond donors (Lipinski definition) is 2. The van der Waals surface area contributed by atoms with E-state index >= 15 is 0 Å². The van der Waals surface area contributed by atoms with E-state index in [2.05, 4.69) is 15.7 Å². The van der Waals surface area contributed by atoms with Crippen LogP contribution in [-0.4, -0.2) is 61.2 Å². The van der Waals surface area contributed by atoms with E-state index in [0.29, 0.717) is 24.4 Å². The lowest BCUT2D eigenvalue weighted by Gasteiger charge is -2.27. The Morgan fingerprint density at radius 2 is 1.94 bits per heavy atom. The first kappa shape index (κ1) is 22.7. The lowest BCUT2D eigenvalue weighted by Crippen LogP contribution is -2.42. The fraction of sp³-hybridized carbons (Fsp3) is 0.500. The van der Waals surface area contributed by atoms with Crippen LogP contribution in [0.5, 0.6) is 0 Å². The average Bonchev–Trinajstić information content (AvgIpc) is 3.06. The number of carbonyl (C=O) groups is 3. The number of anilines is 2. The molecule has 1 atom stereocenters. The van der Waals surface area contributed by atoms with Crippen LogP contribution in [-0.2, 0) is 24.2 Å². The molecule has 2 aliphatic heterocycles. The Morgan fingerprint density at radius 1 is 1.23 bits per heavy atom. The van der Waals surface area contributed by atoms with Gasteiger partial charge in [0, 0.05) is 24.2 Å². The van der Waals surface area contributed by atoms with Crippen LogP contribution in [0.25, 0.3) is 0 Å². The van der Waals surface area contributed by atoms with E-state index in [1.54, 1.807) is 24.3 Å². The molecule has 2 aliphatic rings. The fourth-order valence-corrected chi connectivity index (χ4v) is 4.95. The summed E-state index contributed by atoms with van der Waals surface area (Å²) in [5, 5.41) is 10.6. The summed E-state index contributed by atoms with van der Waals surface area (Å²) in [6.07, 6.45) is -0.0197. The van der Waals surface area contributed by atoms with Crippen LogP contribution in [0.15, 0.2) is 29.4 Å². The summed E-state index contributed by atoms with van der Waals surface area (Å²) < 4.78 is 28.5. The van der Waals surface area contributed by atoms with Crippen molar-refractivity contribution in [3.05, 3.63) is 24.3 Å². The average molecular weight is 451 g/mol. The first-order valence-corrected chi connectivity index (χ1v) is 11.9. The third kappa shape index (κ3) is 6.27. The predicted octanol–water partition coefficient (Wildman–Crippen LogP) is 2.00. The summed E-state index contributed by atoms with van der Waals surface area (Å²) in [6.45, 7) is 4.15. The third-order valence-electron chi connectivity index (χ3n) is 4.79. The number of nitrogens with one attached hydrogen (secondary N) is 2. The zero-order chi connectivity index (χ0) is 22.6. The van der Waals surface area contributed by atoms with E-state index in [9.17, 15) is 22.8 Å². The number of benzene rings is 1. The Kier molecular flexibility index (Phi) is 6.94. The van der Waals surface area contributed by atoms with Gasteiger partial charge in [-0.05, 0) is 30.5 Å². The quantitative estimate of drug-likeness (QED) is 0.681. The maximum atomic E-state index is 12.7. The van der Waals surface area contributed by atoms with Crippen molar-refractivity contribution in [2.24, 2.45) is 11.0 Å². The summed E-state index contributed by atoms with van der Waals surface area (Å²) in [7, 11) is -3.19. The number of hydrazone groups is 1. The van der Waals surface area contributed by atoms with E-state index in [1.807, 2.05) is 13.8 Å². The molecule has 11 heteroatoms. The number of carbonyl (C=O) groups excluding carboxylic acids is 3. The summed E-state index contributed by atoms with van der Waals surface area (Å²) >= 11 is 0. The van der Waals surface area contributed by atoms with Crippen LogP contribution in [0.4, 0.5) is 16.2 Å². The molecule has 1 aromatic carbocycles. The van der Waals surface area contributed by atoms with Gasteiger partial charge in [-0.15, -0.1) is 0 Å². The largest absolute Gasteiger partial charge is 0.449 e. The molecule has 31 heavy (non-hydrogen) atoms. The van der Waals surface area contributed by atoms with Gasteiger partial charge in [0.15, 0.2) is 9.84 Å². The molecule has 0 bridgehead atoms. The van der Waals surface area contributed by atoms with Crippen molar-refractivity contribution in [3.8, 4) is 0 Å². The van der Waals surface area contributed by atoms with Crippen LogP contribution in [0.2, 0.25) is 0 Å². The lowest BCUT2D eigenvalue weighted by molar-refractivity contribution is -0.133. The Balaban J connectivity index is 1.65. The molecule has 0 aliphatic carbocycles. The van der Waals surface area contributed by atoms with E-state index in [-0.39, 0.29) is 41.9 Å². The molecule has 1 saturated heterocycles. The number of amides is 3. The highest BCUT2D eigenvalue weighted by Gasteiger charge is 2.37. The smallest absolute Gasteiger partial charge is 0.411 e. The molecule has 2 N–H and O–H groups in total. The first-order chi connectivity index (χ1) is 14.6. The molecular formula is C20H26N4O6S. The highest BCUT2D eigenvalue weighted by molar-refractivity contribution is 7.91. The number of ether oxygens (including phenoxy) is 1. The van der Waals surface area contributed by atoms with Crippen LogP contribution in [0, 0.1) is 5.92 Å². The van der Waals surface area contributed by atoms with Crippen molar-refractivity contribution in [1.82, 2.24) is 5.01 Å². The fourth-order valence-electron chi connectivity index (χ4n) is 3.26. The van der Waals surface area contributed by atoms with Gasteiger partial charge >= 0.3 is 6.09 Å². The third-order valence-corrected chi connectivity index (χ3v) is 6.54. The van der Waals surface area contributed by atoms with Gasteiger partial charge in [-0.3, -0.25) is 14.9 Å². The van der Waals surface area contributed by atoms with Gasteiger partial charge in [-0.2, -0.15) is 5.10 Å². The Bertz CT molecular complexity index is 1000. The van der Waals surface area contributed by atoms with Gasteiger partial charge in [0.1, 0.15) is 5.71 Å². The second-order valence-electron chi connectivity index (χ2n) is 7.99. The SMILES string of the molecule is CC(C)COC(=O)Nc1cccc(NC(=O)C2=NN(C3CCS(=O)(=O)C3)C(=O)CC2)c1. The van der Waals surface area contributed by atoms with E-state index in [0.717, 1.165) is 5.01 Å². The second kappa shape index (κ2) is 9.46. The van der Waals surface area contributed by atoms with Gasteiger partial charge in [0.25, 0.3) is 5.91 Å². The van der Waals surface area contributed by atoms with Gasteiger partial charge in [0.05, 0.1) is 24.2 Å². The van der Waals surface area contributed by atoms with Gasteiger partial charge in [0.2, 0.25) is 5.91 Å². The van der Waals surface area contributed by atoms with Crippen molar-refractivity contribution in [3.63, 3.8) is 0 Å². The van der Waals surface area contributed by atoms with Crippen LogP contribution in [0.3, 0.4) is 0 Å². The number of sulfone groups is 1. The molecule has 1 unspecified atom stereocenters. The molecule has 3 amide bonds. The molecule has 0 aromatic heterocycles. The Labute approximate surface area is 180 Å².